The van der Waals surface area contributed by atoms with Crippen LogP contribution in [-0.4, -0.2) is 50.8 Å². The molecular formula is C17H27BrClN3O. The van der Waals surface area contributed by atoms with Gasteiger partial charge in [0.15, 0.2) is 0 Å². The maximum absolute atomic E-state index is 5.80. The Morgan fingerprint density at radius 3 is 2.48 bits per heavy atom. The van der Waals surface area contributed by atoms with Crippen LogP contribution in [0.5, 0.6) is 0 Å². The van der Waals surface area contributed by atoms with Gasteiger partial charge in [-0.15, -0.1) is 12.4 Å². The summed E-state index contributed by atoms with van der Waals surface area (Å²) in [4.78, 5) is 5.02. The van der Waals surface area contributed by atoms with Crippen molar-refractivity contribution in [2.24, 2.45) is 11.7 Å². The van der Waals surface area contributed by atoms with E-state index >= 15 is 0 Å². The van der Waals surface area contributed by atoms with Crippen molar-refractivity contribution in [3.63, 3.8) is 0 Å². The van der Waals surface area contributed by atoms with Crippen molar-refractivity contribution < 1.29 is 4.74 Å². The first-order valence-electron chi connectivity index (χ1n) is 8.30. The molecule has 0 amide bonds. The monoisotopic (exact) mass is 403 g/mol. The smallest absolute Gasteiger partial charge is 0.0642 e. The average Bonchev–Trinajstić information content (AvgIpc) is 2.58. The normalized spacial score (nSPS) is 20.3. The number of nitrogens with two attached hydrogens (primary N) is 1. The molecule has 3 rings (SSSR count). The van der Waals surface area contributed by atoms with E-state index in [4.69, 9.17) is 10.5 Å². The molecule has 1 aromatic carbocycles. The van der Waals surface area contributed by atoms with Gasteiger partial charge in [-0.1, -0.05) is 22.0 Å². The van der Waals surface area contributed by atoms with Crippen molar-refractivity contribution >= 4 is 34.0 Å². The quantitative estimate of drug-likeness (QED) is 0.838. The molecule has 2 aliphatic rings. The third-order valence-electron chi connectivity index (χ3n) is 4.83. The van der Waals surface area contributed by atoms with Gasteiger partial charge in [-0.25, -0.2) is 0 Å². The molecule has 0 aromatic heterocycles. The third kappa shape index (κ3) is 5.07. The largest absolute Gasteiger partial charge is 0.378 e. The van der Waals surface area contributed by atoms with Crippen molar-refractivity contribution in [2.75, 3.05) is 50.8 Å². The lowest BCUT2D eigenvalue weighted by Crippen LogP contribution is -2.38. The van der Waals surface area contributed by atoms with Gasteiger partial charge in [0.05, 0.1) is 13.2 Å². The summed E-state index contributed by atoms with van der Waals surface area (Å²) in [5.74, 6) is 0.722. The van der Waals surface area contributed by atoms with Gasteiger partial charge in [0, 0.05) is 29.8 Å². The highest BCUT2D eigenvalue weighted by Gasteiger charge is 2.21. The number of morpholine rings is 1. The number of hydrogen-bond acceptors (Lipinski definition) is 4. The van der Waals surface area contributed by atoms with E-state index in [0.717, 1.165) is 49.8 Å². The average molecular weight is 405 g/mol. The Balaban J connectivity index is 0.00000192. The Hall–Kier alpha value is -0.330. The van der Waals surface area contributed by atoms with Crippen molar-refractivity contribution in [2.45, 2.75) is 19.4 Å². The summed E-state index contributed by atoms with van der Waals surface area (Å²) in [6.07, 6.45) is 2.47. The summed E-state index contributed by atoms with van der Waals surface area (Å²) >= 11 is 3.62. The second-order valence-corrected chi connectivity index (χ2v) is 7.24. The van der Waals surface area contributed by atoms with Crippen molar-refractivity contribution in [1.29, 1.82) is 0 Å². The molecule has 2 saturated heterocycles. The van der Waals surface area contributed by atoms with Gasteiger partial charge >= 0.3 is 0 Å². The lowest BCUT2D eigenvalue weighted by Gasteiger charge is -2.34. The standard InChI is InChI=1S/C17H26BrN3O.ClH/c18-16-2-1-15(13-20-5-3-14(12-19)4-6-20)17(11-16)21-7-9-22-10-8-21;/h1-2,11,14H,3-10,12-13,19H2;1H. The zero-order chi connectivity index (χ0) is 15.4. The minimum Gasteiger partial charge on any atom is -0.378 e. The van der Waals surface area contributed by atoms with Crippen LogP contribution in [0.15, 0.2) is 22.7 Å². The molecule has 6 heteroatoms. The molecule has 130 valence electrons. The van der Waals surface area contributed by atoms with Crippen LogP contribution in [-0.2, 0) is 11.3 Å². The highest BCUT2D eigenvalue weighted by atomic mass is 79.9. The molecule has 0 aliphatic carbocycles. The van der Waals surface area contributed by atoms with Crippen LogP contribution in [0, 0.1) is 5.92 Å². The first-order chi connectivity index (χ1) is 10.8. The van der Waals surface area contributed by atoms with E-state index < -0.39 is 0 Å². The summed E-state index contributed by atoms with van der Waals surface area (Å²) < 4.78 is 6.64. The van der Waals surface area contributed by atoms with Gasteiger partial charge in [-0.05, 0) is 56.1 Å². The molecule has 2 aliphatic heterocycles. The van der Waals surface area contributed by atoms with Crippen LogP contribution in [0.25, 0.3) is 0 Å². The van der Waals surface area contributed by atoms with E-state index in [1.807, 2.05) is 0 Å². The highest BCUT2D eigenvalue weighted by molar-refractivity contribution is 9.10. The summed E-state index contributed by atoms with van der Waals surface area (Å²) in [6, 6.07) is 6.68. The first-order valence-corrected chi connectivity index (χ1v) is 9.09. The van der Waals surface area contributed by atoms with Crippen LogP contribution >= 0.6 is 28.3 Å². The zero-order valence-corrected chi connectivity index (χ0v) is 15.9. The number of benzene rings is 1. The second-order valence-electron chi connectivity index (χ2n) is 6.33. The van der Waals surface area contributed by atoms with E-state index in [1.165, 1.54) is 37.2 Å². The first kappa shape index (κ1) is 19.0. The molecule has 2 heterocycles. The van der Waals surface area contributed by atoms with Crippen LogP contribution in [0.4, 0.5) is 5.69 Å². The predicted octanol–water partition coefficient (Wildman–Crippen LogP) is 2.88. The van der Waals surface area contributed by atoms with Crippen molar-refractivity contribution in [1.82, 2.24) is 4.90 Å². The zero-order valence-electron chi connectivity index (χ0n) is 13.5. The maximum atomic E-state index is 5.80. The van der Waals surface area contributed by atoms with Crippen molar-refractivity contribution in [3.8, 4) is 0 Å². The molecule has 1 aromatic rings. The van der Waals surface area contributed by atoms with Crippen molar-refractivity contribution in [3.05, 3.63) is 28.2 Å². The van der Waals surface area contributed by atoms with Crippen LogP contribution in [0.2, 0.25) is 0 Å². The summed E-state index contributed by atoms with van der Waals surface area (Å²) in [5, 5.41) is 0. The van der Waals surface area contributed by atoms with Gasteiger partial charge in [-0.2, -0.15) is 0 Å². The Kier molecular flexibility index (Phi) is 7.63. The highest BCUT2D eigenvalue weighted by Crippen LogP contribution is 2.28. The minimum absolute atomic E-state index is 0. The molecule has 0 unspecified atom stereocenters. The number of nitrogens with zero attached hydrogens (tertiary/aromatic N) is 2. The second kappa shape index (κ2) is 9.23. The Labute approximate surface area is 153 Å². The van der Waals surface area contributed by atoms with E-state index in [1.54, 1.807) is 0 Å². The van der Waals surface area contributed by atoms with E-state index in [-0.39, 0.29) is 12.4 Å². The topological polar surface area (TPSA) is 41.7 Å². The Morgan fingerprint density at radius 2 is 1.83 bits per heavy atom. The van der Waals surface area contributed by atoms with E-state index in [0.29, 0.717) is 0 Å². The van der Waals surface area contributed by atoms with Gasteiger partial charge in [0.25, 0.3) is 0 Å². The third-order valence-corrected chi connectivity index (χ3v) is 5.33. The van der Waals surface area contributed by atoms with Gasteiger partial charge < -0.3 is 15.4 Å². The Morgan fingerprint density at radius 1 is 1.13 bits per heavy atom. The number of rotatable bonds is 4. The fourth-order valence-corrected chi connectivity index (χ4v) is 3.74. The molecule has 0 bridgehead atoms. The molecule has 0 atom stereocenters. The molecular weight excluding hydrogens is 378 g/mol. The fourth-order valence-electron chi connectivity index (χ4n) is 3.39. The van der Waals surface area contributed by atoms with E-state index in [9.17, 15) is 0 Å². The van der Waals surface area contributed by atoms with Gasteiger partial charge in [-0.3, -0.25) is 4.90 Å². The number of ether oxygens (including phenoxy) is 1. The number of piperidine rings is 1. The molecule has 0 radical (unpaired) electrons. The molecule has 2 fully saturated rings. The lowest BCUT2D eigenvalue weighted by atomic mass is 9.96. The van der Waals surface area contributed by atoms with Crippen LogP contribution in [0.1, 0.15) is 18.4 Å². The fraction of sp³-hybridized carbons (Fsp3) is 0.647. The predicted molar refractivity (Wildman–Crippen MR) is 101 cm³/mol. The van der Waals surface area contributed by atoms with Gasteiger partial charge in [0.1, 0.15) is 0 Å². The number of halogens is 2. The summed E-state index contributed by atoms with van der Waals surface area (Å²) in [5.41, 5.74) is 8.58. The van der Waals surface area contributed by atoms with Crippen LogP contribution in [0.3, 0.4) is 0 Å². The SMILES string of the molecule is Cl.NCC1CCN(Cc2ccc(Br)cc2N2CCOCC2)CC1. The lowest BCUT2D eigenvalue weighted by molar-refractivity contribution is 0.122. The number of likely N-dealkylation sites (tertiary alicyclic amines) is 1. The van der Waals surface area contributed by atoms with E-state index in [2.05, 4.69) is 43.9 Å². The van der Waals surface area contributed by atoms with Gasteiger partial charge in [0.2, 0.25) is 0 Å². The number of hydrogen-bond donors (Lipinski definition) is 1. The molecule has 0 spiro atoms. The number of anilines is 1. The molecule has 0 saturated carbocycles. The summed E-state index contributed by atoms with van der Waals surface area (Å²) in [6.45, 7) is 7.84. The maximum Gasteiger partial charge on any atom is 0.0642 e. The summed E-state index contributed by atoms with van der Waals surface area (Å²) in [7, 11) is 0. The Bertz CT molecular complexity index is 489. The molecule has 2 N–H and O–H groups in total. The molecule has 23 heavy (non-hydrogen) atoms. The molecule has 4 nitrogen and oxygen atoms in total. The van der Waals surface area contributed by atoms with Crippen LogP contribution < -0.4 is 10.6 Å². The minimum atomic E-state index is 0.